The maximum Gasteiger partial charge on any atom is 0.330 e. The molecule has 1 aromatic rings. The molecule has 0 aromatic heterocycles. The summed E-state index contributed by atoms with van der Waals surface area (Å²) in [5, 5.41) is 0. The lowest BCUT2D eigenvalue weighted by atomic mass is 10.2. The van der Waals surface area contributed by atoms with Gasteiger partial charge >= 0.3 is 11.9 Å². The van der Waals surface area contributed by atoms with E-state index in [4.69, 9.17) is 0 Å². The molecular formula is C16H20O4. The van der Waals surface area contributed by atoms with E-state index in [-0.39, 0.29) is 13.2 Å². The summed E-state index contributed by atoms with van der Waals surface area (Å²) in [7, 11) is 0. The molecule has 0 bridgehead atoms. The topological polar surface area (TPSA) is 52.6 Å². The van der Waals surface area contributed by atoms with Gasteiger partial charge in [-0.15, -0.1) is 0 Å². The van der Waals surface area contributed by atoms with E-state index in [1.165, 1.54) is 5.56 Å². The molecule has 108 valence electrons. The Labute approximate surface area is 119 Å². The zero-order valence-corrected chi connectivity index (χ0v) is 11.7. The van der Waals surface area contributed by atoms with Crippen molar-refractivity contribution in [3.8, 4) is 0 Å². The number of carbonyl (C=O) groups is 2. The van der Waals surface area contributed by atoms with Gasteiger partial charge in [-0.3, -0.25) is 0 Å². The van der Waals surface area contributed by atoms with Crippen LogP contribution in [0.2, 0.25) is 0 Å². The predicted molar refractivity (Wildman–Crippen MR) is 78.1 cm³/mol. The normalized spacial score (nSPS) is 8.65. The Morgan fingerprint density at radius 3 is 1.75 bits per heavy atom. The summed E-state index contributed by atoms with van der Waals surface area (Å²) in [5.74, 6) is -1.07. The summed E-state index contributed by atoms with van der Waals surface area (Å²) < 4.78 is 9.04. The Kier molecular flexibility index (Phi) is 10.3. The molecule has 0 amide bonds. The smallest absolute Gasteiger partial charge is 0.330 e. The lowest BCUT2D eigenvalue weighted by Gasteiger charge is -2.01. The average Bonchev–Trinajstić information content (AvgIpc) is 2.52. The van der Waals surface area contributed by atoms with Crippen molar-refractivity contribution in [3.63, 3.8) is 0 Å². The Balaban J connectivity index is 0.000000388. The Morgan fingerprint density at radius 1 is 1.00 bits per heavy atom. The standard InChI is InChI=1S/C8H10O4.C8H10/c1-3-7(9)11-5-6-12-8(10)4-2;1-2-8-6-4-3-5-7-8/h3-4H,1-2,5-6H2;3-7H,2H2,1H3. The third-order valence-electron chi connectivity index (χ3n) is 2.16. The summed E-state index contributed by atoms with van der Waals surface area (Å²) in [6, 6.07) is 10.5. The van der Waals surface area contributed by atoms with Crippen molar-refractivity contribution in [1.29, 1.82) is 0 Å². The molecule has 4 nitrogen and oxygen atoms in total. The van der Waals surface area contributed by atoms with E-state index in [1.807, 2.05) is 6.07 Å². The van der Waals surface area contributed by atoms with Gasteiger partial charge in [0.2, 0.25) is 0 Å². The fourth-order valence-electron chi connectivity index (χ4n) is 1.12. The van der Waals surface area contributed by atoms with Gasteiger partial charge in [-0.2, -0.15) is 0 Å². The minimum absolute atomic E-state index is 0.0322. The van der Waals surface area contributed by atoms with E-state index < -0.39 is 11.9 Å². The first kappa shape index (κ1) is 17.6. The maximum absolute atomic E-state index is 10.4. The lowest BCUT2D eigenvalue weighted by molar-refractivity contribution is -0.146. The van der Waals surface area contributed by atoms with Crippen molar-refractivity contribution in [1.82, 2.24) is 0 Å². The highest BCUT2D eigenvalue weighted by atomic mass is 16.6. The maximum atomic E-state index is 10.4. The van der Waals surface area contributed by atoms with E-state index in [2.05, 4.69) is 53.8 Å². The molecular weight excluding hydrogens is 256 g/mol. The number of aryl methyl sites for hydroxylation is 1. The minimum Gasteiger partial charge on any atom is -0.459 e. The van der Waals surface area contributed by atoms with Crippen molar-refractivity contribution in [2.45, 2.75) is 13.3 Å². The highest BCUT2D eigenvalue weighted by Gasteiger charge is 1.97. The van der Waals surface area contributed by atoms with Crippen LogP contribution in [0, 0.1) is 0 Å². The summed E-state index contributed by atoms with van der Waals surface area (Å²) in [6.45, 7) is 8.61. The van der Waals surface area contributed by atoms with Crippen LogP contribution < -0.4 is 0 Å². The van der Waals surface area contributed by atoms with E-state index in [9.17, 15) is 9.59 Å². The van der Waals surface area contributed by atoms with Crippen molar-refractivity contribution in [2.24, 2.45) is 0 Å². The van der Waals surface area contributed by atoms with Gasteiger partial charge in [-0.05, 0) is 12.0 Å². The van der Waals surface area contributed by atoms with Crippen LogP contribution in [0.3, 0.4) is 0 Å². The monoisotopic (exact) mass is 276 g/mol. The van der Waals surface area contributed by atoms with Crippen LogP contribution in [0.1, 0.15) is 12.5 Å². The first-order valence-electron chi connectivity index (χ1n) is 6.26. The Morgan fingerprint density at radius 2 is 1.45 bits per heavy atom. The number of ether oxygens (including phenoxy) is 2. The van der Waals surface area contributed by atoms with E-state index in [0.29, 0.717) is 0 Å². The lowest BCUT2D eigenvalue weighted by Crippen LogP contribution is -2.10. The largest absolute Gasteiger partial charge is 0.459 e. The van der Waals surface area contributed by atoms with E-state index in [0.717, 1.165) is 18.6 Å². The molecule has 1 aromatic carbocycles. The predicted octanol–water partition coefficient (Wildman–Crippen LogP) is 2.69. The SMILES string of the molecule is C=CC(=O)OCCOC(=O)C=C.CCc1ccccc1. The molecule has 20 heavy (non-hydrogen) atoms. The summed E-state index contributed by atoms with van der Waals surface area (Å²) in [6.07, 6.45) is 3.21. The molecule has 0 aliphatic rings. The third-order valence-corrected chi connectivity index (χ3v) is 2.16. The first-order chi connectivity index (χ1) is 9.63. The van der Waals surface area contributed by atoms with Gasteiger partial charge in [0.1, 0.15) is 13.2 Å². The van der Waals surface area contributed by atoms with Crippen LogP contribution in [0.5, 0.6) is 0 Å². The number of esters is 2. The number of rotatable bonds is 6. The number of carbonyl (C=O) groups excluding carboxylic acids is 2. The molecule has 0 radical (unpaired) electrons. The zero-order chi connectivity index (χ0) is 15.2. The summed E-state index contributed by atoms with van der Waals surface area (Å²) in [5.41, 5.74) is 1.41. The summed E-state index contributed by atoms with van der Waals surface area (Å²) >= 11 is 0. The second-order valence-electron chi connectivity index (χ2n) is 3.58. The van der Waals surface area contributed by atoms with Gasteiger partial charge in [-0.25, -0.2) is 9.59 Å². The van der Waals surface area contributed by atoms with Crippen LogP contribution in [0.15, 0.2) is 55.6 Å². The fourth-order valence-corrected chi connectivity index (χ4v) is 1.12. The second kappa shape index (κ2) is 11.7. The molecule has 4 heteroatoms. The molecule has 0 saturated carbocycles. The average molecular weight is 276 g/mol. The van der Waals surface area contributed by atoms with Gasteiger partial charge in [0.15, 0.2) is 0 Å². The van der Waals surface area contributed by atoms with Crippen molar-refractivity contribution in [3.05, 3.63) is 61.2 Å². The molecule has 0 unspecified atom stereocenters. The molecule has 0 saturated heterocycles. The van der Waals surface area contributed by atoms with Crippen molar-refractivity contribution < 1.29 is 19.1 Å². The van der Waals surface area contributed by atoms with Gasteiger partial charge < -0.3 is 9.47 Å². The molecule has 0 heterocycles. The zero-order valence-electron chi connectivity index (χ0n) is 11.7. The Bertz CT molecular complexity index is 401. The highest BCUT2D eigenvalue weighted by molar-refractivity contribution is 5.81. The molecule has 0 aliphatic carbocycles. The summed E-state index contributed by atoms with van der Waals surface area (Å²) in [4.78, 5) is 20.9. The number of benzene rings is 1. The van der Waals surface area contributed by atoms with Crippen LogP contribution in [0.25, 0.3) is 0 Å². The van der Waals surface area contributed by atoms with Gasteiger partial charge in [0.05, 0.1) is 0 Å². The number of hydrogen-bond donors (Lipinski definition) is 0. The molecule has 0 aliphatic heterocycles. The quantitative estimate of drug-likeness (QED) is 0.455. The van der Waals surface area contributed by atoms with Gasteiger partial charge in [-0.1, -0.05) is 50.4 Å². The second-order valence-corrected chi connectivity index (χ2v) is 3.58. The fraction of sp³-hybridized carbons (Fsp3) is 0.250. The molecule has 0 spiro atoms. The Hall–Kier alpha value is -2.36. The number of hydrogen-bond acceptors (Lipinski definition) is 4. The van der Waals surface area contributed by atoms with E-state index >= 15 is 0 Å². The van der Waals surface area contributed by atoms with Crippen molar-refractivity contribution >= 4 is 11.9 Å². The minimum atomic E-state index is -0.537. The molecule has 1 rings (SSSR count). The van der Waals surface area contributed by atoms with Crippen molar-refractivity contribution in [2.75, 3.05) is 13.2 Å². The van der Waals surface area contributed by atoms with E-state index in [1.54, 1.807) is 0 Å². The van der Waals surface area contributed by atoms with Crippen LogP contribution in [0.4, 0.5) is 0 Å². The highest BCUT2D eigenvalue weighted by Crippen LogP contribution is 1.96. The third kappa shape index (κ3) is 9.65. The van der Waals surface area contributed by atoms with Crippen LogP contribution >= 0.6 is 0 Å². The first-order valence-corrected chi connectivity index (χ1v) is 6.26. The van der Waals surface area contributed by atoms with Crippen LogP contribution in [-0.2, 0) is 25.5 Å². The van der Waals surface area contributed by atoms with Gasteiger partial charge in [0, 0.05) is 12.2 Å². The van der Waals surface area contributed by atoms with Crippen LogP contribution in [-0.4, -0.2) is 25.2 Å². The molecule has 0 N–H and O–H groups in total. The molecule has 0 atom stereocenters. The van der Waals surface area contributed by atoms with Gasteiger partial charge in [0.25, 0.3) is 0 Å². The molecule has 0 fully saturated rings.